The van der Waals surface area contributed by atoms with Crippen LogP contribution in [0, 0.1) is 0 Å². The predicted octanol–water partition coefficient (Wildman–Crippen LogP) is 1.78. The van der Waals surface area contributed by atoms with E-state index in [0.29, 0.717) is 11.6 Å². The fourth-order valence-corrected chi connectivity index (χ4v) is 2.38. The Morgan fingerprint density at radius 2 is 2.00 bits per heavy atom. The van der Waals surface area contributed by atoms with Crippen molar-refractivity contribution in [2.24, 2.45) is 0 Å². The average Bonchev–Trinajstić information content (AvgIpc) is 2.39. The van der Waals surface area contributed by atoms with Gasteiger partial charge in [-0.05, 0) is 18.9 Å². The van der Waals surface area contributed by atoms with Crippen LogP contribution in [0.2, 0.25) is 0 Å². The molecule has 1 saturated carbocycles. The molecule has 1 aromatic rings. The number of H-pyrrole nitrogens is 1. The third kappa shape index (κ3) is 2.75. The van der Waals surface area contributed by atoms with E-state index in [9.17, 15) is 9.59 Å². The van der Waals surface area contributed by atoms with Crippen molar-refractivity contribution >= 4 is 5.91 Å². The highest BCUT2D eigenvalue weighted by Crippen LogP contribution is 2.22. The third-order valence-corrected chi connectivity index (χ3v) is 3.47. The van der Waals surface area contributed by atoms with Gasteiger partial charge in [0.05, 0.1) is 5.56 Å². The molecule has 1 fully saturated rings. The number of hydrogen-bond acceptors (Lipinski definition) is 2. The van der Waals surface area contributed by atoms with Crippen molar-refractivity contribution in [1.82, 2.24) is 9.88 Å². The van der Waals surface area contributed by atoms with Crippen molar-refractivity contribution in [3.63, 3.8) is 0 Å². The van der Waals surface area contributed by atoms with E-state index in [2.05, 4.69) is 4.98 Å². The van der Waals surface area contributed by atoms with Crippen LogP contribution in [0.4, 0.5) is 0 Å². The highest BCUT2D eigenvalue weighted by atomic mass is 16.2. The van der Waals surface area contributed by atoms with Gasteiger partial charge in [-0.25, -0.2) is 0 Å². The molecule has 0 saturated heterocycles. The first-order chi connectivity index (χ1) is 8.18. The largest absolute Gasteiger partial charge is 0.339 e. The van der Waals surface area contributed by atoms with E-state index in [1.54, 1.807) is 6.07 Å². The minimum atomic E-state index is -0.179. The van der Waals surface area contributed by atoms with Gasteiger partial charge >= 0.3 is 0 Å². The Bertz CT molecular complexity index is 426. The fraction of sp³-hybridized carbons (Fsp3) is 0.538. The molecule has 0 radical (unpaired) electrons. The third-order valence-electron chi connectivity index (χ3n) is 3.47. The summed E-state index contributed by atoms with van der Waals surface area (Å²) in [7, 11) is 1.85. The summed E-state index contributed by atoms with van der Waals surface area (Å²) in [6, 6.07) is 3.32. The highest BCUT2D eigenvalue weighted by Gasteiger charge is 2.22. The van der Waals surface area contributed by atoms with Gasteiger partial charge < -0.3 is 9.88 Å². The van der Waals surface area contributed by atoms with E-state index in [0.717, 1.165) is 12.8 Å². The van der Waals surface area contributed by atoms with Crippen LogP contribution in [0.15, 0.2) is 23.1 Å². The number of nitrogens with zero attached hydrogens (tertiary/aromatic N) is 1. The minimum absolute atomic E-state index is 0.00634. The van der Waals surface area contributed by atoms with Gasteiger partial charge in [-0.15, -0.1) is 0 Å². The van der Waals surface area contributed by atoms with Crippen molar-refractivity contribution in [3.8, 4) is 0 Å². The number of nitrogens with one attached hydrogen (secondary N) is 1. The molecule has 0 unspecified atom stereocenters. The Morgan fingerprint density at radius 3 is 2.59 bits per heavy atom. The quantitative estimate of drug-likeness (QED) is 0.848. The van der Waals surface area contributed by atoms with E-state index in [-0.39, 0.29) is 11.5 Å². The Balaban J connectivity index is 2.08. The second-order valence-corrected chi connectivity index (χ2v) is 4.65. The number of pyridine rings is 1. The molecule has 0 aromatic carbocycles. The van der Waals surface area contributed by atoms with E-state index < -0.39 is 0 Å². The van der Waals surface area contributed by atoms with Crippen LogP contribution >= 0.6 is 0 Å². The summed E-state index contributed by atoms with van der Waals surface area (Å²) < 4.78 is 0. The van der Waals surface area contributed by atoms with Crippen LogP contribution in [0.1, 0.15) is 42.5 Å². The van der Waals surface area contributed by atoms with Crippen LogP contribution in [0.25, 0.3) is 0 Å². The summed E-state index contributed by atoms with van der Waals surface area (Å²) in [6.45, 7) is 0. The molecule has 17 heavy (non-hydrogen) atoms. The number of rotatable bonds is 2. The number of hydrogen-bond donors (Lipinski definition) is 1. The lowest BCUT2D eigenvalue weighted by Gasteiger charge is -2.31. The van der Waals surface area contributed by atoms with Gasteiger partial charge in [-0.1, -0.05) is 19.3 Å². The summed E-state index contributed by atoms with van der Waals surface area (Å²) in [5.74, 6) is -0.00634. The number of aromatic amines is 1. The molecular formula is C13H18N2O2. The standard InChI is InChI=1S/C13H18N2O2/c1-15(11-5-3-2-4-6-11)13(17)10-7-8-12(16)14-9-10/h7-9,11H,2-6H2,1H3,(H,14,16). The predicted molar refractivity (Wildman–Crippen MR) is 66.0 cm³/mol. The molecule has 0 aliphatic heterocycles. The second kappa shape index (κ2) is 5.17. The smallest absolute Gasteiger partial charge is 0.255 e. The molecule has 1 N–H and O–H groups in total. The second-order valence-electron chi connectivity index (χ2n) is 4.65. The van der Waals surface area contributed by atoms with Crippen molar-refractivity contribution in [2.45, 2.75) is 38.1 Å². The highest BCUT2D eigenvalue weighted by molar-refractivity contribution is 5.93. The van der Waals surface area contributed by atoms with Gasteiger partial charge in [0.2, 0.25) is 5.56 Å². The lowest BCUT2D eigenvalue weighted by molar-refractivity contribution is 0.0696. The zero-order chi connectivity index (χ0) is 12.3. The molecule has 0 spiro atoms. The van der Waals surface area contributed by atoms with Crippen LogP contribution in [0.3, 0.4) is 0 Å². The van der Waals surface area contributed by atoms with E-state index in [1.165, 1.54) is 31.5 Å². The molecular weight excluding hydrogens is 216 g/mol. The Hall–Kier alpha value is -1.58. The van der Waals surface area contributed by atoms with Gasteiger partial charge in [0.1, 0.15) is 0 Å². The summed E-state index contributed by atoms with van der Waals surface area (Å²) in [5, 5.41) is 0. The van der Waals surface area contributed by atoms with Crippen molar-refractivity contribution < 1.29 is 4.79 Å². The van der Waals surface area contributed by atoms with Crippen LogP contribution in [-0.4, -0.2) is 28.9 Å². The maximum atomic E-state index is 12.2. The molecule has 1 aliphatic rings. The van der Waals surface area contributed by atoms with Gasteiger partial charge in [-0.2, -0.15) is 0 Å². The van der Waals surface area contributed by atoms with E-state index >= 15 is 0 Å². The monoisotopic (exact) mass is 234 g/mol. The first kappa shape index (κ1) is 11.9. The van der Waals surface area contributed by atoms with Crippen molar-refractivity contribution in [3.05, 3.63) is 34.2 Å². The maximum absolute atomic E-state index is 12.2. The summed E-state index contributed by atoms with van der Waals surface area (Å²) in [6.07, 6.45) is 7.35. The molecule has 0 atom stereocenters. The lowest BCUT2D eigenvalue weighted by atomic mass is 9.94. The Kier molecular flexibility index (Phi) is 3.61. The normalized spacial score (nSPS) is 16.8. The Labute approximate surface area is 101 Å². The van der Waals surface area contributed by atoms with Gasteiger partial charge in [0.15, 0.2) is 0 Å². The van der Waals surface area contributed by atoms with Gasteiger partial charge in [0.25, 0.3) is 5.91 Å². The van der Waals surface area contributed by atoms with E-state index in [1.807, 2.05) is 11.9 Å². The molecule has 1 heterocycles. The molecule has 0 bridgehead atoms. The summed E-state index contributed by atoms with van der Waals surface area (Å²) in [4.78, 5) is 27.4. The first-order valence-electron chi connectivity index (χ1n) is 6.14. The Morgan fingerprint density at radius 1 is 1.29 bits per heavy atom. The average molecular weight is 234 g/mol. The molecule has 1 amide bonds. The molecule has 4 heteroatoms. The topological polar surface area (TPSA) is 53.2 Å². The SMILES string of the molecule is CN(C(=O)c1ccc(=O)[nH]c1)C1CCCCC1. The van der Waals surface area contributed by atoms with Crippen molar-refractivity contribution in [2.75, 3.05) is 7.05 Å². The van der Waals surface area contributed by atoms with Crippen molar-refractivity contribution in [1.29, 1.82) is 0 Å². The number of carbonyl (C=O) groups is 1. The summed E-state index contributed by atoms with van der Waals surface area (Å²) >= 11 is 0. The maximum Gasteiger partial charge on any atom is 0.255 e. The molecule has 2 rings (SSSR count). The number of carbonyl (C=O) groups excluding carboxylic acids is 1. The van der Waals surface area contributed by atoms with Gasteiger partial charge in [-0.3, -0.25) is 9.59 Å². The zero-order valence-corrected chi connectivity index (χ0v) is 10.1. The lowest BCUT2D eigenvalue weighted by Crippen LogP contribution is -2.38. The molecule has 4 nitrogen and oxygen atoms in total. The fourth-order valence-electron chi connectivity index (χ4n) is 2.38. The molecule has 1 aliphatic carbocycles. The van der Waals surface area contributed by atoms with E-state index in [4.69, 9.17) is 0 Å². The molecule has 92 valence electrons. The van der Waals surface area contributed by atoms with Crippen LogP contribution in [-0.2, 0) is 0 Å². The summed E-state index contributed by atoms with van der Waals surface area (Å²) in [5.41, 5.74) is 0.375. The van der Waals surface area contributed by atoms with Crippen LogP contribution < -0.4 is 5.56 Å². The van der Waals surface area contributed by atoms with Crippen LogP contribution in [0.5, 0.6) is 0 Å². The van der Waals surface area contributed by atoms with Gasteiger partial charge in [0, 0.05) is 25.4 Å². The number of amides is 1. The minimum Gasteiger partial charge on any atom is -0.339 e. The first-order valence-corrected chi connectivity index (χ1v) is 6.14. The number of aromatic nitrogens is 1. The molecule has 1 aromatic heterocycles. The zero-order valence-electron chi connectivity index (χ0n) is 10.1.